The number of nitrogen functional groups attached to an aromatic ring is 1. The third-order valence-electron chi connectivity index (χ3n) is 4.04. The number of anilines is 2. The Morgan fingerprint density at radius 1 is 1.29 bits per heavy atom. The van der Waals surface area contributed by atoms with Crippen LogP contribution >= 0.6 is 11.6 Å². The molecule has 2 aromatic carbocycles. The van der Waals surface area contributed by atoms with Crippen LogP contribution in [0.3, 0.4) is 0 Å². The third-order valence-corrected chi connectivity index (χ3v) is 4.36. The lowest BCUT2D eigenvalue weighted by atomic mass is 9.96. The topological polar surface area (TPSA) is 53.1 Å². The number of aryl methyl sites for hydroxylation is 1. The molecule has 1 unspecified atom stereocenters. The maximum absolute atomic E-state index is 7.53. The predicted octanol–water partition coefficient (Wildman–Crippen LogP) is 4.10. The van der Waals surface area contributed by atoms with E-state index < -0.39 is 0 Å². The summed E-state index contributed by atoms with van der Waals surface area (Å²) in [6, 6.07) is 14.6. The number of hydrogen-bond donors (Lipinski definition) is 2. The first-order chi connectivity index (χ1) is 10.1. The average Bonchev–Trinajstić information content (AvgIpc) is 2.46. The van der Waals surface area contributed by atoms with Crippen molar-refractivity contribution in [3.8, 4) is 0 Å². The molecule has 3 nitrogen and oxygen atoms in total. The van der Waals surface area contributed by atoms with Gasteiger partial charge in [0.05, 0.1) is 5.02 Å². The minimum absolute atomic E-state index is 0.00126. The van der Waals surface area contributed by atoms with Crippen molar-refractivity contribution in [1.29, 1.82) is 5.41 Å². The average molecular weight is 300 g/mol. The molecule has 3 N–H and O–H groups in total. The molecule has 1 aliphatic rings. The SMILES string of the molecule is CC1CCc2ccccc2N1c1ccc(C(=N)N)c(Cl)c1. The number of nitrogens with two attached hydrogens (primary N) is 1. The number of para-hydroxylation sites is 1. The summed E-state index contributed by atoms with van der Waals surface area (Å²) in [7, 11) is 0. The Kier molecular flexibility index (Phi) is 3.60. The first-order valence-corrected chi connectivity index (χ1v) is 7.47. The summed E-state index contributed by atoms with van der Waals surface area (Å²) in [6.07, 6.45) is 2.22. The molecule has 0 fully saturated rings. The summed E-state index contributed by atoms with van der Waals surface area (Å²) in [5, 5.41) is 8.05. The molecule has 2 aromatic rings. The Labute approximate surface area is 129 Å². The molecule has 0 bridgehead atoms. The number of rotatable bonds is 2. The zero-order valence-corrected chi connectivity index (χ0v) is 12.7. The molecule has 1 aliphatic heterocycles. The molecular formula is C17H18ClN3. The van der Waals surface area contributed by atoms with Crippen LogP contribution in [0.5, 0.6) is 0 Å². The molecule has 4 heteroatoms. The van der Waals surface area contributed by atoms with E-state index in [4.69, 9.17) is 22.7 Å². The molecule has 0 spiro atoms. The normalized spacial score (nSPS) is 17.4. The van der Waals surface area contributed by atoms with Crippen molar-refractivity contribution in [3.05, 3.63) is 58.6 Å². The highest BCUT2D eigenvalue weighted by molar-refractivity contribution is 6.34. The van der Waals surface area contributed by atoms with Gasteiger partial charge in [-0.1, -0.05) is 29.8 Å². The van der Waals surface area contributed by atoms with Gasteiger partial charge in [-0.3, -0.25) is 5.41 Å². The number of nitrogens with zero attached hydrogens (tertiary/aromatic N) is 1. The molecule has 1 heterocycles. The molecule has 0 aliphatic carbocycles. The van der Waals surface area contributed by atoms with Crippen LogP contribution in [0, 0.1) is 5.41 Å². The second-order valence-electron chi connectivity index (χ2n) is 5.46. The summed E-state index contributed by atoms with van der Waals surface area (Å²) < 4.78 is 0. The van der Waals surface area contributed by atoms with Gasteiger partial charge in [0.1, 0.15) is 5.84 Å². The summed E-state index contributed by atoms with van der Waals surface area (Å²) in [6.45, 7) is 2.22. The second kappa shape index (κ2) is 5.41. The highest BCUT2D eigenvalue weighted by Crippen LogP contribution is 2.37. The van der Waals surface area contributed by atoms with Crippen LogP contribution < -0.4 is 10.6 Å². The highest BCUT2D eigenvalue weighted by atomic mass is 35.5. The van der Waals surface area contributed by atoms with Gasteiger partial charge in [0.2, 0.25) is 0 Å². The van der Waals surface area contributed by atoms with E-state index in [1.165, 1.54) is 11.3 Å². The number of benzene rings is 2. The van der Waals surface area contributed by atoms with Gasteiger partial charge in [-0.2, -0.15) is 0 Å². The highest BCUT2D eigenvalue weighted by Gasteiger charge is 2.24. The van der Waals surface area contributed by atoms with Gasteiger partial charge < -0.3 is 10.6 Å². The van der Waals surface area contributed by atoms with Crippen molar-refractivity contribution in [3.63, 3.8) is 0 Å². The van der Waals surface area contributed by atoms with Crippen molar-refractivity contribution in [1.82, 2.24) is 0 Å². The summed E-state index contributed by atoms with van der Waals surface area (Å²) in [5.41, 5.74) is 9.76. The zero-order valence-electron chi connectivity index (χ0n) is 11.9. The van der Waals surface area contributed by atoms with Crippen molar-refractivity contribution < 1.29 is 0 Å². The Hall–Kier alpha value is -2.00. The monoisotopic (exact) mass is 299 g/mol. The van der Waals surface area contributed by atoms with E-state index in [-0.39, 0.29) is 5.84 Å². The lowest BCUT2D eigenvalue weighted by molar-refractivity contribution is 0.618. The largest absolute Gasteiger partial charge is 0.384 e. The zero-order chi connectivity index (χ0) is 15.0. The summed E-state index contributed by atoms with van der Waals surface area (Å²) in [4.78, 5) is 2.31. The third kappa shape index (κ3) is 2.49. The molecular weight excluding hydrogens is 282 g/mol. The van der Waals surface area contributed by atoms with Crippen molar-refractivity contribution >= 4 is 28.8 Å². The smallest absolute Gasteiger partial charge is 0.124 e. The van der Waals surface area contributed by atoms with Gasteiger partial charge in [0.15, 0.2) is 0 Å². The van der Waals surface area contributed by atoms with E-state index in [0.717, 1.165) is 18.5 Å². The minimum Gasteiger partial charge on any atom is -0.384 e. The quantitative estimate of drug-likeness (QED) is 0.648. The van der Waals surface area contributed by atoms with Gasteiger partial charge in [0.25, 0.3) is 0 Å². The maximum Gasteiger partial charge on any atom is 0.124 e. The Morgan fingerprint density at radius 3 is 2.76 bits per heavy atom. The van der Waals surface area contributed by atoms with E-state index in [0.29, 0.717) is 16.6 Å². The van der Waals surface area contributed by atoms with Crippen LogP contribution in [-0.4, -0.2) is 11.9 Å². The van der Waals surface area contributed by atoms with E-state index in [9.17, 15) is 0 Å². The van der Waals surface area contributed by atoms with Gasteiger partial charge in [-0.25, -0.2) is 0 Å². The fourth-order valence-electron chi connectivity index (χ4n) is 2.95. The first kappa shape index (κ1) is 14.0. The number of amidine groups is 1. The summed E-state index contributed by atoms with van der Waals surface area (Å²) in [5.74, 6) is -0.00126. The van der Waals surface area contributed by atoms with Crippen LogP contribution in [-0.2, 0) is 6.42 Å². The van der Waals surface area contributed by atoms with E-state index in [2.05, 4.69) is 36.1 Å². The van der Waals surface area contributed by atoms with Crippen molar-refractivity contribution in [2.75, 3.05) is 4.90 Å². The van der Waals surface area contributed by atoms with Crippen LogP contribution in [0.15, 0.2) is 42.5 Å². The molecule has 3 rings (SSSR count). The Bertz CT molecular complexity index is 696. The number of hydrogen-bond acceptors (Lipinski definition) is 2. The van der Waals surface area contributed by atoms with Gasteiger partial charge >= 0.3 is 0 Å². The standard InChI is InChI=1S/C17H18ClN3/c1-11-6-7-12-4-2-3-5-16(12)21(11)13-8-9-14(17(19)20)15(18)10-13/h2-5,8-11H,6-7H2,1H3,(H3,19,20). The van der Waals surface area contributed by atoms with E-state index in [1.54, 1.807) is 0 Å². The molecule has 0 aromatic heterocycles. The number of fused-ring (bicyclic) bond motifs is 1. The van der Waals surface area contributed by atoms with Crippen LogP contribution in [0.4, 0.5) is 11.4 Å². The van der Waals surface area contributed by atoms with Crippen LogP contribution in [0.1, 0.15) is 24.5 Å². The lowest BCUT2D eigenvalue weighted by Crippen LogP contribution is -2.33. The molecule has 0 saturated heterocycles. The van der Waals surface area contributed by atoms with Gasteiger partial charge in [-0.15, -0.1) is 0 Å². The summed E-state index contributed by atoms with van der Waals surface area (Å²) >= 11 is 6.27. The first-order valence-electron chi connectivity index (χ1n) is 7.09. The lowest BCUT2D eigenvalue weighted by Gasteiger charge is -2.37. The van der Waals surface area contributed by atoms with Crippen LogP contribution in [0.25, 0.3) is 0 Å². The molecule has 108 valence electrons. The Balaban J connectivity index is 2.07. The molecule has 0 amide bonds. The molecule has 1 atom stereocenters. The molecule has 0 saturated carbocycles. The van der Waals surface area contributed by atoms with Gasteiger partial charge in [0, 0.05) is 23.0 Å². The van der Waals surface area contributed by atoms with E-state index in [1.807, 2.05) is 18.2 Å². The fourth-order valence-corrected chi connectivity index (χ4v) is 3.23. The van der Waals surface area contributed by atoms with E-state index >= 15 is 0 Å². The number of nitrogens with one attached hydrogen (secondary N) is 1. The minimum atomic E-state index is -0.00126. The number of halogens is 1. The molecule has 0 radical (unpaired) electrons. The van der Waals surface area contributed by atoms with Crippen LogP contribution in [0.2, 0.25) is 5.02 Å². The predicted molar refractivity (Wildman–Crippen MR) is 88.8 cm³/mol. The van der Waals surface area contributed by atoms with Crippen molar-refractivity contribution in [2.45, 2.75) is 25.8 Å². The molecule has 21 heavy (non-hydrogen) atoms. The Morgan fingerprint density at radius 2 is 2.05 bits per heavy atom. The second-order valence-corrected chi connectivity index (χ2v) is 5.87. The fraction of sp³-hybridized carbons (Fsp3) is 0.235. The van der Waals surface area contributed by atoms with Gasteiger partial charge in [-0.05, 0) is 49.6 Å². The maximum atomic E-state index is 7.53. The van der Waals surface area contributed by atoms with Crippen molar-refractivity contribution in [2.24, 2.45) is 5.73 Å².